The summed E-state index contributed by atoms with van der Waals surface area (Å²) in [4.78, 5) is 30.2. The smallest absolute Gasteiger partial charge is 0.274 e. The molecule has 1 saturated heterocycles. The van der Waals surface area contributed by atoms with Crippen LogP contribution < -0.4 is 21.5 Å². The van der Waals surface area contributed by atoms with Crippen LogP contribution in [0.5, 0.6) is 0 Å². The average Bonchev–Trinajstić information content (AvgIpc) is 3.32. The molecule has 10 nitrogen and oxygen atoms in total. The number of fused-ring (bicyclic) bond motifs is 1. The number of amides is 1. The second-order valence-corrected chi connectivity index (χ2v) is 8.00. The van der Waals surface area contributed by atoms with E-state index in [4.69, 9.17) is 4.74 Å². The molecule has 1 saturated carbocycles. The highest BCUT2D eigenvalue weighted by molar-refractivity contribution is 6.00. The number of aromatic nitrogens is 4. The Morgan fingerprint density at radius 3 is 2.81 bits per heavy atom. The van der Waals surface area contributed by atoms with Crippen LogP contribution in [0.1, 0.15) is 35.7 Å². The molecule has 5 rings (SSSR count). The Labute approximate surface area is 182 Å². The topological polar surface area (TPSA) is 115 Å². The summed E-state index contributed by atoms with van der Waals surface area (Å²) < 4.78 is 21.8. The number of hydrogen-bond donors (Lipinski definition) is 3. The Bertz CT molecular complexity index is 1220. The van der Waals surface area contributed by atoms with Crippen molar-refractivity contribution in [2.24, 2.45) is 0 Å². The second-order valence-electron chi connectivity index (χ2n) is 8.00. The number of nitrogens with zero attached hydrogens (tertiary/aromatic N) is 4. The molecule has 0 spiro atoms. The summed E-state index contributed by atoms with van der Waals surface area (Å²) in [5.41, 5.74) is 0.758. The molecule has 32 heavy (non-hydrogen) atoms. The van der Waals surface area contributed by atoms with Gasteiger partial charge in [-0.2, -0.15) is 9.61 Å². The number of ether oxygens (including phenoxy) is 1. The predicted octanol–water partition coefficient (Wildman–Crippen LogP) is 1.87. The lowest BCUT2D eigenvalue weighted by molar-refractivity contribution is 0.0687. The molecule has 168 valence electrons. The Morgan fingerprint density at radius 1 is 1.31 bits per heavy atom. The van der Waals surface area contributed by atoms with Gasteiger partial charge in [0.2, 0.25) is 0 Å². The van der Waals surface area contributed by atoms with Crippen molar-refractivity contribution in [2.75, 3.05) is 30.9 Å². The van der Waals surface area contributed by atoms with Crippen LogP contribution in [0.25, 0.3) is 5.65 Å². The Balaban J connectivity index is 1.47. The van der Waals surface area contributed by atoms with Crippen LogP contribution in [0.4, 0.5) is 21.7 Å². The first-order valence-corrected chi connectivity index (χ1v) is 10.6. The van der Waals surface area contributed by atoms with Crippen molar-refractivity contribution in [3.63, 3.8) is 0 Å². The minimum Gasteiger partial charge on any atom is -0.381 e. The third-order valence-electron chi connectivity index (χ3n) is 5.82. The largest absolute Gasteiger partial charge is 0.381 e. The first-order chi connectivity index (χ1) is 15.5. The van der Waals surface area contributed by atoms with Gasteiger partial charge in [0.05, 0.1) is 12.2 Å². The molecule has 1 amide bonds. The third kappa shape index (κ3) is 3.79. The van der Waals surface area contributed by atoms with Crippen LogP contribution in [-0.4, -0.2) is 57.5 Å². The van der Waals surface area contributed by atoms with Crippen molar-refractivity contribution in [2.45, 2.75) is 37.5 Å². The van der Waals surface area contributed by atoms with Crippen molar-refractivity contribution in [1.29, 1.82) is 0 Å². The molecule has 4 heterocycles. The van der Waals surface area contributed by atoms with E-state index in [-0.39, 0.29) is 17.2 Å². The van der Waals surface area contributed by atoms with E-state index in [2.05, 4.69) is 26.0 Å². The lowest BCUT2D eigenvalue weighted by Crippen LogP contribution is -2.29. The maximum Gasteiger partial charge on any atom is 0.274 e. The summed E-state index contributed by atoms with van der Waals surface area (Å²) in [5.74, 6) is 0.526. The molecule has 2 fully saturated rings. The normalized spacial score (nSPS) is 20.8. The van der Waals surface area contributed by atoms with Crippen LogP contribution in [0.2, 0.25) is 0 Å². The van der Waals surface area contributed by atoms with Crippen LogP contribution in [0.3, 0.4) is 0 Å². The van der Waals surface area contributed by atoms with Crippen LogP contribution in [-0.2, 0) is 4.74 Å². The quantitative estimate of drug-likeness (QED) is 0.535. The van der Waals surface area contributed by atoms with E-state index in [9.17, 15) is 14.0 Å². The van der Waals surface area contributed by atoms with Crippen LogP contribution in [0.15, 0.2) is 35.4 Å². The van der Waals surface area contributed by atoms with Crippen molar-refractivity contribution in [3.05, 3.63) is 46.5 Å². The fraction of sp³-hybridized carbons (Fsp3) is 0.429. The SMILES string of the molecule is CNc1cc(Nc2cccn(C3CCOCC3)c2=O)nc2c(C(=O)N[C@H]3C[C@H]3F)cnn12. The molecule has 11 heteroatoms. The number of halogens is 1. The molecule has 1 aliphatic carbocycles. The molecular weight excluding hydrogens is 417 g/mol. The van der Waals surface area contributed by atoms with Gasteiger partial charge in [-0.3, -0.25) is 9.59 Å². The van der Waals surface area contributed by atoms with Gasteiger partial charge in [0, 0.05) is 45.0 Å². The fourth-order valence-corrected chi connectivity index (χ4v) is 3.92. The van der Waals surface area contributed by atoms with E-state index < -0.39 is 18.1 Å². The summed E-state index contributed by atoms with van der Waals surface area (Å²) in [5, 5.41) is 13.0. The summed E-state index contributed by atoms with van der Waals surface area (Å²) >= 11 is 0. The summed E-state index contributed by atoms with van der Waals surface area (Å²) in [6.45, 7) is 1.27. The predicted molar refractivity (Wildman–Crippen MR) is 116 cm³/mol. The van der Waals surface area contributed by atoms with E-state index in [0.29, 0.717) is 42.6 Å². The molecule has 3 N–H and O–H groups in total. The number of pyridine rings is 1. The Morgan fingerprint density at radius 2 is 2.09 bits per heavy atom. The first kappa shape index (κ1) is 20.4. The second kappa shape index (κ2) is 8.23. The number of nitrogens with one attached hydrogen (secondary N) is 3. The van der Waals surface area contributed by atoms with Gasteiger partial charge in [0.1, 0.15) is 29.1 Å². The molecule has 1 aliphatic heterocycles. The maximum absolute atomic E-state index is 13.2. The maximum atomic E-state index is 13.2. The Kier molecular flexibility index (Phi) is 5.25. The number of carbonyl (C=O) groups excluding carboxylic acids is 1. The zero-order valence-electron chi connectivity index (χ0n) is 17.5. The zero-order chi connectivity index (χ0) is 22.2. The average molecular weight is 441 g/mol. The van der Waals surface area contributed by atoms with Gasteiger partial charge in [0.25, 0.3) is 11.5 Å². The van der Waals surface area contributed by atoms with Crippen molar-refractivity contribution < 1.29 is 13.9 Å². The molecule has 0 unspecified atom stereocenters. The summed E-state index contributed by atoms with van der Waals surface area (Å²) in [6.07, 6.45) is 4.07. The van der Waals surface area contributed by atoms with Gasteiger partial charge < -0.3 is 25.3 Å². The minimum atomic E-state index is -1.00. The third-order valence-corrected chi connectivity index (χ3v) is 5.82. The number of rotatable bonds is 6. The lowest BCUT2D eigenvalue weighted by Gasteiger charge is -2.24. The van der Waals surface area contributed by atoms with Crippen molar-refractivity contribution >= 4 is 28.9 Å². The highest BCUT2D eigenvalue weighted by Gasteiger charge is 2.39. The molecular formula is C21H24FN7O3. The fourth-order valence-electron chi connectivity index (χ4n) is 3.92. The monoisotopic (exact) mass is 441 g/mol. The highest BCUT2D eigenvalue weighted by Crippen LogP contribution is 2.26. The molecule has 3 aromatic heterocycles. The standard InChI is InChI=1S/C21H24FN7O3/c1-23-18-10-17(25-15-3-2-6-28(21(15)31)12-4-7-32-8-5-12)27-19-13(11-24-29(18)19)20(30)26-16-9-14(16)22/h2-3,6,10-12,14,16,23H,4-5,7-9H2,1H3,(H,25,27)(H,26,30)/t14-,16+/m1/s1. The highest BCUT2D eigenvalue weighted by atomic mass is 19.1. The van der Waals surface area contributed by atoms with Gasteiger partial charge in [-0.05, 0) is 25.0 Å². The molecule has 3 aromatic rings. The van der Waals surface area contributed by atoms with Gasteiger partial charge >= 0.3 is 0 Å². The number of carbonyl (C=O) groups is 1. The molecule has 2 atom stereocenters. The van der Waals surface area contributed by atoms with Crippen LogP contribution in [0, 0.1) is 0 Å². The van der Waals surface area contributed by atoms with E-state index in [1.165, 1.54) is 10.7 Å². The number of anilines is 3. The van der Waals surface area contributed by atoms with E-state index in [0.717, 1.165) is 12.8 Å². The lowest BCUT2D eigenvalue weighted by atomic mass is 10.1. The van der Waals surface area contributed by atoms with E-state index in [1.54, 1.807) is 29.9 Å². The minimum absolute atomic E-state index is 0.0909. The summed E-state index contributed by atoms with van der Waals surface area (Å²) in [7, 11) is 1.72. The van der Waals surface area contributed by atoms with Crippen molar-refractivity contribution in [3.8, 4) is 0 Å². The molecule has 0 bridgehead atoms. The molecule has 2 aliphatic rings. The number of alkyl halides is 1. The Hall–Kier alpha value is -3.47. The summed E-state index contributed by atoms with van der Waals surface area (Å²) in [6, 6.07) is 4.84. The number of hydrogen-bond acceptors (Lipinski definition) is 7. The molecule has 0 aromatic carbocycles. The zero-order valence-corrected chi connectivity index (χ0v) is 17.5. The first-order valence-electron chi connectivity index (χ1n) is 10.6. The van der Waals surface area contributed by atoms with E-state index >= 15 is 0 Å². The van der Waals surface area contributed by atoms with Crippen molar-refractivity contribution in [1.82, 2.24) is 24.5 Å². The molecule has 0 radical (unpaired) electrons. The van der Waals surface area contributed by atoms with Gasteiger partial charge in [-0.25, -0.2) is 9.37 Å². The van der Waals surface area contributed by atoms with Crippen LogP contribution >= 0.6 is 0 Å². The van der Waals surface area contributed by atoms with Gasteiger partial charge in [-0.1, -0.05) is 0 Å². The van der Waals surface area contributed by atoms with Gasteiger partial charge in [0.15, 0.2) is 5.65 Å². The van der Waals surface area contributed by atoms with E-state index in [1.807, 2.05) is 6.07 Å². The van der Waals surface area contributed by atoms with Gasteiger partial charge in [-0.15, -0.1) is 0 Å².